The Morgan fingerprint density at radius 2 is 2.17 bits per heavy atom. The van der Waals surface area contributed by atoms with Crippen LogP contribution in [0, 0.1) is 12.7 Å². The SMILES string of the molecule is Cc1ccsc1C(=O)NC(Cc1c[nH]c2cc(F)ccc12)C(=O)O. The molecule has 1 atom stereocenters. The Bertz CT molecular complexity index is 916. The predicted molar refractivity (Wildman–Crippen MR) is 89.9 cm³/mol. The fourth-order valence-electron chi connectivity index (χ4n) is 2.58. The van der Waals surface area contributed by atoms with Crippen LogP contribution >= 0.6 is 11.3 Å². The van der Waals surface area contributed by atoms with E-state index < -0.39 is 17.9 Å². The van der Waals surface area contributed by atoms with Crippen LogP contribution in [0.2, 0.25) is 0 Å². The summed E-state index contributed by atoms with van der Waals surface area (Å²) in [6.45, 7) is 1.80. The number of carboxylic acid groups (broad SMARTS) is 1. The number of carbonyl (C=O) groups excluding carboxylic acids is 1. The van der Waals surface area contributed by atoms with Crippen LogP contribution in [0.1, 0.15) is 20.8 Å². The second kappa shape index (κ2) is 6.45. The normalized spacial score (nSPS) is 12.2. The van der Waals surface area contributed by atoms with Gasteiger partial charge in [0.1, 0.15) is 11.9 Å². The minimum atomic E-state index is -1.12. The number of aliphatic carboxylic acids is 1. The Balaban J connectivity index is 1.82. The lowest BCUT2D eigenvalue weighted by atomic mass is 10.0. The Morgan fingerprint density at radius 3 is 2.83 bits per heavy atom. The summed E-state index contributed by atoms with van der Waals surface area (Å²) in [4.78, 5) is 27.2. The average Bonchev–Trinajstić information content (AvgIpc) is 3.12. The summed E-state index contributed by atoms with van der Waals surface area (Å²) in [6, 6.07) is 5.01. The number of H-pyrrole nitrogens is 1. The van der Waals surface area contributed by atoms with E-state index in [-0.39, 0.29) is 12.2 Å². The van der Waals surface area contributed by atoms with Crippen molar-refractivity contribution in [2.75, 3.05) is 0 Å². The molecule has 0 saturated carbocycles. The number of benzene rings is 1. The first-order valence-corrected chi connectivity index (χ1v) is 8.17. The van der Waals surface area contributed by atoms with Crippen LogP contribution in [0.3, 0.4) is 0 Å². The van der Waals surface area contributed by atoms with E-state index in [2.05, 4.69) is 10.3 Å². The summed E-state index contributed by atoms with van der Waals surface area (Å²) >= 11 is 1.27. The molecule has 3 aromatic rings. The zero-order chi connectivity index (χ0) is 17.3. The highest BCUT2D eigenvalue weighted by atomic mass is 32.1. The lowest BCUT2D eigenvalue weighted by molar-refractivity contribution is -0.139. The van der Waals surface area contributed by atoms with Gasteiger partial charge in [-0.2, -0.15) is 0 Å². The van der Waals surface area contributed by atoms with Gasteiger partial charge < -0.3 is 15.4 Å². The van der Waals surface area contributed by atoms with Crippen LogP contribution in [0.25, 0.3) is 10.9 Å². The summed E-state index contributed by atoms with van der Waals surface area (Å²) in [7, 11) is 0. The van der Waals surface area contributed by atoms with E-state index in [0.717, 1.165) is 10.9 Å². The second-order valence-corrected chi connectivity index (χ2v) is 6.42. The van der Waals surface area contributed by atoms with Gasteiger partial charge in [-0.25, -0.2) is 9.18 Å². The van der Waals surface area contributed by atoms with Gasteiger partial charge in [0.15, 0.2) is 0 Å². The third-order valence-electron chi connectivity index (χ3n) is 3.83. The molecule has 2 aromatic heterocycles. The molecule has 24 heavy (non-hydrogen) atoms. The van der Waals surface area contributed by atoms with E-state index in [1.165, 1.54) is 23.5 Å². The van der Waals surface area contributed by atoms with Crippen molar-refractivity contribution in [3.8, 4) is 0 Å². The number of carbonyl (C=O) groups is 2. The number of nitrogens with one attached hydrogen (secondary N) is 2. The highest BCUT2D eigenvalue weighted by molar-refractivity contribution is 7.12. The van der Waals surface area contributed by atoms with E-state index in [4.69, 9.17) is 0 Å². The molecule has 3 rings (SSSR count). The van der Waals surface area contributed by atoms with Gasteiger partial charge in [0.2, 0.25) is 0 Å². The van der Waals surface area contributed by atoms with Crippen LogP contribution in [0.4, 0.5) is 4.39 Å². The maximum absolute atomic E-state index is 13.2. The van der Waals surface area contributed by atoms with Gasteiger partial charge in [0.25, 0.3) is 5.91 Å². The molecule has 1 aromatic carbocycles. The molecule has 1 unspecified atom stereocenters. The third kappa shape index (κ3) is 3.16. The van der Waals surface area contributed by atoms with Gasteiger partial charge >= 0.3 is 5.97 Å². The van der Waals surface area contributed by atoms with E-state index in [1.54, 1.807) is 24.6 Å². The molecule has 7 heteroatoms. The molecule has 0 aliphatic carbocycles. The first kappa shape index (κ1) is 16.2. The first-order valence-electron chi connectivity index (χ1n) is 7.29. The number of thiophene rings is 1. The lowest BCUT2D eigenvalue weighted by Gasteiger charge is -2.14. The van der Waals surface area contributed by atoms with Crippen molar-refractivity contribution in [2.45, 2.75) is 19.4 Å². The second-order valence-electron chi connectivity index (χ2n) is 5.50. The maximum atomic E-state index is 13.2. The zero-order valence-electron chi connectivity index (χ0n) is 12.8. The van der Waals surface area contributed by atoms with Crippen molar-refractivity contribution in [1.29, 1.82) is 0 Å². The topological polar surface area (TPSA) is 82.2 Å². The van der Waals surface area contributed by atoms with Crippen molar-refractivity contribution in [2.24, 2.45) is 0 Å². The highest BCUT2D eigenvalue weighted by Gasteiger charge is 2.23. The summed E-state index contributed by atoms with van der Waals surface area (Å²) in [6.07, 6.45) is 1.75. The van der Waals surface area contributed by atoms with Crippen LogP contribution < -0.4 is 5.32 Å². The van der Waals surface area contributed by atoms with Crippen LogP contribution in [0.15, 0.2) is 35.8 Å². The van der Waals surface area contributed by atoms with Gasteiger partial charge in [-0.3, -0.25) is 4.79 Å². The molecule has 5 nitrogen and oxygen atoms in total. The predicted octanol–water partition coefficient (Wildman–Crippen LogP) is 3.10. The number of aromatic nitrogens is 1. The average molecular weight is 346 g/mol. The number of halogens is 1. The van der Waals surface area contributed by atoms with Crippen molar-refractivity contribution in [1.82, 2.24) is 10.3 Å². The third-order valence-corrected chi connectivity index (χ3v) is 4.84. The number of aryl methyl sites for hydroxylation is 1. The molecular weight excluding hydrogens is 331 g/mol. The van der Waals surface area contributed by atoms with E-state index in [1.807, 2.05) is 6.07 Å². The Morgan fingerprint density at radius 1 is 1.38 bits per heavy atom. The van der Waals surface area contributed by atoms with Crippen LogP contribution in [0.5, 0.6) is 0 Å². The zero-order valence-corrected chi connectivity index (χ0v) is 13.6. The quantitative estimate of drug-likeness (QED) is 0.664. The molecule has 0 fully saturated rings. The molecule has 0 bridgehead atoms. The molecule has 0 aliphatic heterocycles. The molecule has 0 radical (unpaired) electrons. The maximum Gasteiger partial charge on any atom is 0.326 e. The van der Waals surface area contributed by atoms with Crippen molar-refractivity contribution in [3.05, 3.63) is 57.7 Å². The fourth-order valence-corrected chi connectivity index (χ4v) is 3.40. The molecule has 0 saturated heterocycles. The van der Waals surface area contributed by atoms with Gasteiger partial charge in [-0.1, -0.05) is 0 Å². The molecule has 1 amide bonds. The lowest BCUT2D eigenvalue weighted by Crippen LogP contribution is -2.42. The Labute approximate surface area is 141 Å². The standard InChI is InChI=1S/C17H15FN2O3S/c1-9-4-5-24-15(9)16(21)20-14(17(22)23)6-10-8-19-13-7-11(18)2-3-12(10)13/h2-5,7-8,14,19H,6H2,1H3,(H,20,21)(H,22,23). The van der Waals surface area contributed by atoms with Crippen LogP contribution in [-0.2, 0) is 11.2 Å². The van der Waals surface area contributed by atoms with Gasteiger partial charge in [-0.05, 0) is 47.7 Å². The van der Waals surface area contributed by atoms with Crippen molar-refractivity contribution < 1.29 is 19.1 Å². The molecule has 2 heterocycles. The van der Waals surface area contributed by atoms with Gasteiger partial charge in [0, 0.05) is 23.5 Å². The summed E-state index contributed by atoms with van der Waals surface area (Å²) in [5.74, 6) is -1.89. The molecule has 0 spiro atoms. The number of amides is 1. The summed E-state index contributed by atoms with van der Waals surface area (Å²) in [5.41, 5.74) is 2.11. The van der Waals surface area contributed by atoms with Gasteiger partial charge in [-0.15, -0.1) is 11.3 Å². The number of fused-ring (bicyclic) bond motifs is 1. The summed E-state index contributed by atoms with van der Waals surface area (Å²) in [5, 5.41) is 14.5. The highest BCUT2D eigenvalue weighted by Crippen LogP contribution is 2.21. The number of hydrogen-bond acceptors (Lipinski definition) is 3. The minimum Gasteiger partial charge on any atom is -0.480 e. The number of hydrogen-bond donors (Lipinski definition) is 3. The van der Waals surface area contributed by atoms with E-state index in [9.17, 15) is 19.1 Å². The molecule has 3 N–H and O–H groups in total. The number of aromatic amines is 1. The van der Waals surface area contributed by atoms with Crippen LogP contribution in [-0.4, -0.2) is 28.0 Å². The van der Waals surface area contributed by atoms with Gasteiger partial charge in [0.05, 0.1) is 4.88 Å². The molecule has 124 valence electrons. The number of rotatable bonds is 5. The fraction of sp³-hybridized carbons (Fsp3) is 0.176. The first-order chi connectivity index (χ1) is 11.5. The van der Waals surface area contributed by atoms with Crippen molar-refractivity contribution in [3.63, 3.8) is 0 Å². The monoisotopic (exact) mass is 346 g/mol. The Kier molecular flexibility index (Phi) is 4.35. The largest absolute Gasteiger partial charge is 0.480 e. The van der Waals surface area contributed by atoms with E-state index in [0.29, 0.717) is 16.0 Å². The Hall–Kier alpha value is -2.67. The molecule has 0 aliphatic rings. The minimum absolute atomic E-state index is 0.108. The smallest absolute Gasteiger partial charge is 0.326 e. The molecular formula is C17H15FN2O3S. The summed E-state index contributed by atoms with van der Waals surface area (Å²) < 4.78 is 13.2. The van der Waals surface area contributed by atoms with E-state index >= 15 is 0 Å². The van der Waals surface area contributed by atoms with Crippen molar-refractivity contribution >= 4 is 34.1 Å². The number of carboxylic acids is 1.